The minimum atomic E-state index is -0.228. The molecule has 0 saturated carbocycles. The Morgan fingerprint density at radius 3 is 1.30 bits per heavy atom. The van der Waals surface area contributed by atoms with Crippen molar-refractivity contribution >= 4 is 0 Å². The minimum Gasteiger partial charge on any atom is -0.505 e. The van der Waals surface area contributed by atoms with Crippen molar-refractivity contribution in [2.45, 2.75) is 25.7 Å². The molecule has 0 radical (unpaired) electrons. The third-order valence-electron chi connectivity index (χ3n) is 8.97. The lowest BCUT2D eigenvalue weighted by Crippen LogP contribution is -2.18. The van der Waals surface area contributed by atoms with Gasteiger partial charge in [-0.25, -0.2) is 29.3 Å². The first-order valence-corrected chi connectivity index (χ1v) is 17.4. The van der Waals surface area contributed by atoms with Crippen molar-refractivity contribution in [3.63, 3.8) is 0 Å². The Balaban J connectivity index is 0.000000172. The molecule has 2 N–H and O–H groups in total. The molecule has 0 spiro atoms. The smallest absolute Gasteiger partial charge is 0.203 e. The van der Waals surface area contributed by atoms with Gasteiger partial charge in [0.05, 0.1) is 49.6 Å². The van der Waals surface area contributed by atoms with E-state index in [0.29, 0.717) is 23.0 Å². The van der Waals surface area contributed by atoms with Crippen LogP contribution in [0, 0.1) is 0 Å². The third-order valence-corrected chi connectivity index (χ3v) is 8.97. The number of aromatic hydroxyl groups is 2. The zero-order valence-corrected chi connectivity index (χ0v) is 30.8. The summed E-state index contributed by atoms with van der Waals surface area (Å²) in [5, 5.41) is 36.1. The third kappa shape index (κ3) is 8.13. The van der Waals surface area contributed by atoms with E-state index in [4.69, 9.17) is 0 Å². The molecule has 0 saturated heterocycles. The van der Waals surface area contributed by atoms with Crippen LogP contribution in [0.1, 0.15) is 48.2 Å². The largest absolute Gasteiger partial charge is 0.505 e. The minimum absolute atomic E-state index is 0.0118. The van der Waals surface area contributed by atoms with Gasteiger partial charge in [-0.05, 0) is 23.3 Å². The van der Waals surface area contributed by atoms with Gasteiger partial charge in [0.25, 0.3) is 0 Å². The van der Waals surface area contributed by atoms with Gasteiger partial charge in [0.2, 0.25) is 10.9 Å². The number of rotatable bonds is 8. The summed E-state index contributed by atoms with van der Waals surface area (Å²) in [6, 6.07) is 18.3. The Labute approximate surface area is 319 Å². The first-order valence-electron chi connectivity index (χ1n) is 17.4. The van der Waals surface area contributed by atoms with Crippen LogP contribution < -0.4 is 10.9 Å². The standard InChI is InChI=1S/2C20H18N6O2/c2*1-13(14-4-3-5-15(8-14)20-21-10-17(27)11-22-20)19-18(28)6-7-26(24-19)16-9-23-25(2)12-16/h2*3-13,27H,1-2H3. The Kier molecular flexibility index (Phi) is 10.3. The van der Waals surface area contributed by atoms with Crippen LogP contribution in [0.2, 0.25) is 0 Å². The van der Waals surface area contributed by atoms with Crippen molar-refractivity contribution < 1.29 is 10.2 Å². The maximum absolute atomic E-state index is 12.5. The summed E-state index contributed by atoms with van der Waals surface area (Å²) >= 11 is 0. The quantitative estimate of drug-likeness (QED) is 0.220. The van der Waals surface area contributed by atoms with Gasteiger partial charge in [0.1, 0.15) is 22.8 Å². The van der Waals surface area contributed by atoms with E-state index in [0.717, 1.165) is 33.6 Å². The molecule has 56 heavy (non-hydrogen) atoms. The number of aryl methyl sites for hydroxylation is 2. The van der Waals surface area contributed by atoms with E-state index in [1.54, 1.807) is 43.5 Å². The molecule has 0 bridgehead atoms. The number of aromatic nitrogens is 12. The van der Waals surface area contributed by atoms with Crippen LogP contribution in [0.3, 0.4) is 0 Å². The van der Waals surface area contributed by atoms with Crippen molar-refractivity contribution in [3.05, 3.63) is 166 Å². The van der Waals surface area contributed by atoms with E-state index in [2.05, 4.69) is 40.3 Å². The van der Waals surface area contributed by atoms with Crippen molar-refractivity contribution in [2.75, 3.05) is 0 Å². The molecule has 16 nitrogen and oxygen atoms in total. The number of hydrogen-bond donors (Lipinski definition) is 2. The Bertz CT molecular complexity index is 2550. The lowest BCUT2D eigenvalue weighted by Gasteiger charge is -2.13. The van der Waals surface area contributed by atoms with Gasteiger partial charge in [-0.3, -0.25) is 19.0 Å². The van der Waals surface area contributed by atoms with Crippen LogP contribution in [-0.4, -0.2) is 69.3 Å². The van der Waals surface area contributed by atoms with Gasteiger partial charge in [-0.2, -0.15) is 20.4 Å². The predicted molar refractivity (Wildman–Crippen MR) is 206 cm³/mol. The second kappa shape index (κ2) is 15.8. The van der Waals surface area contributed by atoms with E-state index in [9.17, 15) is 19.8 Å². The molecule has 8 aromatic rings. The zero-order valence-electron chi connectivity index (χ0n) is 30.8. The first kappa shape index (κ1) is 36.7. The van der Waals surface area contributed by atoms with E-state index < -0.39 is 0 Å². The van der Waals surface area contributed by atoms with E-state index in [1.807, 2.05) is 88.9 Å². The molecule has 2 unspecified atom stereocenters. The fraction of sp³-hybridized carbons (Fsp3) is 0.150. The molecular weight excluding hydrogens is 713 g/mol. The molecule has 2 aromatic carbocycles. The molecule has 280 valence electrons. The summed E-state index contributed by atoms with van der Waals surface area (Å²) in [7, 11) is 3.65. The molecule has 0 aliphatic heterocycles. The van der Waals surface area contributed by atoms with Gasteiger partial charge in [-0.1, -0.05) is 50.2 Å². The van der Waals surface area contributed by atoms with Crippen molar-refractivity contribution in [1.29, 1.82) is 0 Å². The lowest BCUT2D eigenvalue weighted by molar-refractivity contribution is 0.469. The molecule has 6 heterocycles. The van der Waals surface area contributed by atoms with Crippen molar-refractivity contribution in [2.24, 2.45) is 14.1 Å². The fourth-order valence-corrected chi connectivity index (χ4v) is 5.94. The van der Waals surface area contributed by atoms with E-state index in [1.165, 1.54) is 36.9 Å². The number of hydrogen-bond acceptors (Lipinski definition) is 12. The van der Waals surface area contributed by atoms with Crippen LogP contribution in [0.15, 0.2) is 132 Å². The molecule has 6 aromatic heterocycles. The fourth-order valence-electron chi connectivity index (χ4n) is 5.94. The monoisotopic (exact) mass is 748 g/mol. The average molecular weight is 749 g/mol. The van der Waals surface area contributed by atoms with Crippen LogP contribution in [-0.2, 0) is 14.1 Å². The van der Waals surface area contributed by atoms with Gasteiger partial charge in [0, 0.05) is 61.6 Å². The lowest BCUT2D eigenvalue weighted by atomic mass is 9.95. The maximum atomic E-state index is 12.5. The second-order valence-electron chi connectivity index (χ2n) is 13.0. The normalized spacial score (nSPS) is 12.1. The van der Waals surface area contributed by atoms with Crippen LogP contribution in [0.25, 0.3) is 34.2 Å². The summed E-state index contributed by atoms with van der Waals surface area (Å²) in [6.45, 7) is 3.88. The van der Waals surface area contributed by atoms with Crippen molar-refractivity contribution in [3.8, 4) is 45.6 Å². The topological polar surface area (TPSA) is 197 Å². The highest BCUT2D eigenvalue weighted by molar-refractivity contribution is 5.58. The summed E-state index contributed by atoms with van der Waals surface area (Å²) in [5.41, 5.74) is 5.62. The van der Waals surface area contributed by atoms with Crippen LogP contribution >= 0.6 is 0 Å². The first-order chi connectivity index (χ1) is 27.0. The average Bonchev–Trinajstić information content (AvgIpc) is 3.86. The Morgan fingerprint density at radius 2 is 0.946 bits per heavy atom. The summed E-state index contributed by atoms with van der Waals surface area (Å²) < 4.78 is 6.65. The van der Waals surface area contributed by atoms with E-state index in [-0.39, 0.29) is 34.2 Å². The molecule has 0 amide bonds. The Morgan fingerprint density at radius 1 is 0.554 bits per heavy atom. The number of benzene rings is 2. The van der Waals surface area contributed by atoms with Gasteiger partial charge < -0.3 is 10.2 Å². The molecule has 0 aliphatic carbocycles. The molecule has 8 rings (SSSR count). The zero-order chi connectivity index (χ0) is 39.3. The SMILES string of the molecule is CC(c1cccc(-c2ncc(O)cn2)c1)c1nn(-c2cnn(C)c2)ccc1=O.CC(c1cccc(-c2ncc(O)cn2)c1)c1nn(-c2cnn(C)c2)ccc1=O. The van der Waals surface area contributed by atoms with E-state index >= 15 is 0 Å². The summed E-state index contributed by atoms with van der Waals surface area (Å²) in [5.74, 6) is 0.569. The second-order valence-corrected chi connectivity index (χ2v) is 13.0. The highest BCUT2D eigenvalue weighted by atomic mass is 16.3. The highest BCUT2D eigenvalue weighted by Gasteiger charge is 2.18. The molecule has 2 atom stereocenters. The predicted octanol–water partition coefficient (Wildman–Crippen LogP) is 4.56. The van der Waals surface area contributed by atoms with Gasteiger partial charge >= 0.3 is 0 Å². The number of nitrogens with zero attached hydrogens (tertiary/aromatic N) is 12. The summed E-state index contributed by atoms with van der Waals surface area (Å²) in [6.07, 6.45) is 15.7. The van der Waals surface area contributed by atoms with Crippen molar-refractivity contribution in [1.82, 2.24) is 59.1 Å². The molecule has 16 heteroatoms. The Hall–Kier alpha value is -7.62. The van der Waals surface area contributed by atoms with Crippen LogP contribution in [0.4, 0.5) is 0 Å². The summed E-state index contributed by atoms with van der Waals surface area (Å²) in [4.78, 5) is 41.5. The highest BCUT2D eigenvalue weighted by Crippen LogP contribution is 2.27. The molecule has 0 aliphatic rings. The molecular formula is C40H36N12O4. The van der Waals surface area contributed by atoms with Gasteiger partial charge in [0.15, 0.2) is 23.1 Å². The molecule has 0 fully saturated rings. The maximum Gasteiger partial charge on any atom is 0.203 e. The van der Waals surface area contributed by atoms with Crippen LogP contribution in [0.5, 0.6) is 11.5 Å². The van der Waals surface area contributed by atoms with Gasteiger partial charge in [-0.15, -0.1) is 0 Å².